The molecule has 2 aliphatic rings. The molecule has 0 amide bonds. The molecule has 0 aromatic carbocycles. The topological polar surface area (TPSA) is 95.9 Å². The zero-order valence-electron chi connectivity index (χ0n) is 15.1. The third kappa shape index (κ3) is 4.23. The molecule has 0 spiro atoms. The maximum Gasteiger partial charge on any atom is 0.309 e. The first kappa shape index (κ1) is 18.4. The van der Waals surface area contributed by atoms with Crippen LogP contribution in [0.2, 0.25) is 0 Å². The van der Waals surface area contributed by atoms with Crippen LogP contribution in [-0.2, 0) is 14.3 Å². The third-order valence-electron chi connectivity index (χ3n) is 5.23. The lowest BCUT2D eigenvalue weighted by atomic mass is 9.97. The van der Waals surface area contributed by atoms with Gasteiger partial charge in [0.05, 0.1) is 36.5 Å². The molecular formula is C18H26N4O4. The smallest absolute Gasteiger partial charge is 0.309 e. The lowest BCUT2D eigenvalue weighted by molar-refractivity contribution is -0.148. The van der Waals surface area contributed by atoms with E-state index in [-0.39, 0.29) is 17.8 Å². The molecular weight excluding hydrogens is 336 g/mol. The van der Waals surface area contributed by atoms with Crippen molar-refractivity contribution in [3.8, 4) is 0 Å². The number of nitrogens with zero attached hydrogens (tertiary/aromatic N) is 4. The second kappa shape index (κ2) is 8.33. The zero-order valence-corrected chi connectivity index (χ0v) is 15.1. The molecule has 0 saturated carbocycles. The summed E-state index contributed by atoms with van der Waals surface area (Å²) in [5, 5.41) is 9.07. The SMILES string of the molecule is CCOC(=O)C1CCN(c2cnc(N3CCC(C(=O)O)CC3)nc2)CC1. The van der Waals surface area contributed by atoms with Gasteiger partial charge in [-0.1, -0.05) is 0 Å². The molecule has 3 rings (SSSR count). The number of hydrogen-bond acceptors (Lipinski definition) is 7. The fourth-order valence-corrected chi connectivity index (χ4v) is 3.60. The first-order chi connectivity index (χ1) is 12.6. The monoisotopic (exact) mass is 362 g/mol. The highest BCUT2D eigenvalue weighted by atomic mass is 16.5. The van der Waals surface area contributed by atoms with E-state index in [1.54, 1.807) is 0 Å². The van der Waals surface area contributed by atoms with E-state index in [0.717, 1.165) is 31.6 Å². The van der Waals surface area contributed by atoms with E-state index in [4.69, 9.17) is 9.84 Å². The van der Waals surface area contributed by atoms with Gasteiger partial charge < -0.3 is 19.6 Å². The lowest BCUT2D eigenvalue weighted by Crippen LogP contribution is -2.38. The quantitative estimate of drug-likeness (QED) is 0.789. The minimum Gasteiger partial charge on any atom is -0.481 e. The summed E-state index contributed by atoms with van der Waals surface area (Å²) in [6.45, 7) is 5.17. The summed E-state index contributed by atoms with van der Waals surface area (Å²) in [6, 6.07) is 0. The van der Waals surface area contributed by atoms with Gasteiger partial charge in [0.2, 0.25) is 5.95 Å². The van der Waals surface area contributed by atoms with E-state index in [0.29, 0.717) is 38.5 Å². The first-order valence-electron chi connectivity index (χ1n) is 9.30. The van der Waals surface area contributed by atoms with Crippen LogP contribution in [0.5, 0.6) is 0 Å². The number of esters is 1. The minimum atomic E-state index is -0.716. The summed E-state index contributed by atoms with van der Waals surface area (Å²) in [6.07, 6.45) is 6.45. The second-order valence-electron chi connectivity index (χ2n) is 6.85. The molecule has 1 aromatic heterocycles. The average molecular weight is 362 g/mol. The van der Waals surface area contributed by atoms with Crippen LogP contribution in [0.15, 0.2) is 12.4 Å². The lowest BCUT2D eigenvalue weighted by Gasteiger charge is -2.33. The molecule has 0 aliphatic carbocycles. The van der Waals surface area contributed by atoms with Crippen molar-refractivity contribution in [2.45, 2.75) is 32.6 Å². The van der Waals surface area contributed by atoms with E-state index < -0.39 is 5.97 Å². The molecule has 2 fully saturated rings. The Morgan fingerprint density at radius 1 is 1.04 bits per heavy atom. The van der Waals surface area contributed by atoms with Crippen LogP contribution in [0.25, 0.3) is 0 Å². The van der Waals surface area contributed by atoms with E-state index >= 15 is 0 Å². The predicted octanol–water partition coefficient (Wildman–Crippen LogP) is 1.56. The van der Waals surface area contributed by atoms with Gasteiger partial charge in [0.25, 0.3) is 0 Å². The Bertz CT molecular complexity index is 621. The number of anilines is 2. The van der Waals surface area contributed by atoms with Crippen LogP contribution < -0.4 is 9.80 Å². The number of hydrogen-bond donors (Lipinski definition) is 1. The molecule has 3 heterocycles. The van der Waals surface area contributed by atoms with Crippen LogP contribution in [0.1, 0.15) is 32.6 Å². The van der Waals surface area contributed by atoms with E-state index in [1.807, 2.05) is 24.2 Å². The fourth-order valence-electron chi connectivity index (χ4n) is 3.60. The average Bonchev–Trinajstić information content (AvgIpc) is 2.68. The molecule has 142 valence electrons. The van der Waals surface area contributed by atoms with Gasteiger partial charge in [0.15, 0.2) is 0 Å². The summed E-state index contributed by atoms with van der Waals surface area (Å²) < 4.78 is 5.10. The predicted molar refractivity (Wildman–Crippen MR) is 96.2 cm³/mol. The molecule has 0 bridgehead atoms. The number of piperidine rings is 2. The summed E-state index contributed by atoms with van der Waals surface area (Å²) in [5.41, 5.74) is 0.955. The summed E-state index contributed by atoms with van der Waals surface area (Å²) in [4.78, 5) is 36.0. The number of carboxylic acid groups (broad SMARTS) is 1. The van der Waals surface area contributed by atoms with Gasteiger partial charge in [0, 0.05) is 26.2 Å². The van der Waals surface area contributed by atoms with Gasteiger partial charge in [-0.3, -0.25) is 9.59 Å². The van der Waals surface area contributed by atoms with Crippen molar-refractivity contribution in [2.24, 2.45) is 11.8 Å². The highest BCUT2D eigenvalue weighted by Crippen LogP contribution is 2.25. The van der Waals surface area contributed by atoms with E-state index in [2.05, 4.69) is 14.9 Å². The number of aliphatic carboxylic acids is 1. The van der Waals surface area contributed by atoms with Crippen molar-refractivity contribution >= 4 is 23.6 Å². The van der Waals surface area contributed by atoms with Crippen LogP contribution in [0.3, 0.4) is 0 Å². The largest absolute Gasteiger partial charge is 0.481 e. The summed E-state index contributed by atoms with van der Waals surface area (Å²) in [5.74, 6) is -0.428. The van der Waals surface area contributed by atoms with Gasteiger partial charge >= 0.3 is 11.9 Å². The molecule has 26 heavy (non-hydrogen) atoms. The Balaban J connectivity index is 1.52. The number of carbonyl (C=O) groups is 2. The Hall–Kier alpha value is -2.38. The number of carboxylic acids is 1. The number of ether oxygens (including phenoxy) is 1. The molecule has 8 nitrogen and oxygen atoms in total. The standard InChI is InChI=1S/C18H26N4O4/c1-2-26-17(25)14-5-7-21(8-6-14)15-11-19-18(20-12-15)22-9-3-13(4-10-22)16(23)24/h11-14H,2-10H2,1H3,(H,23,24). The maximum absolute atomic E-state index is 11.8. The molecule has 2 aliphatic heterocycles. The fraction of sp³-hybridized carbons (Fsp3) is 0.667. The zero-order chi connectivity index (χ0) is 18.5. The molecule has 0 atom stereocenters. The Morgan fingerprint density at radius 2 is 1.58 bits per heavy atom. The summed E-state index contributed by atoms with van der Waals surface area (Å²) >= 11 is 0. The highest BCUT2D eigenvalue weighted by molar-refractivity contribution is 5.73. The van der Waals surface area contributed by atoms with Crippen molar-refractivity contribution in [3.63, 3.8) is 0 Å². The van der Waals surface area contributed by atoms with Crippen molar-refractivity contribution in [1.82, 2.24) is 9.97 Å². The molecule has 1 aromatic rings. The number of carbonyl (C=O) groups excluding carboxylic acids is 1. The Labute approximate surface area is 153 Å². The minimum absolute atomic E-state index is 0.0121. The van der Waals surface area contributed by atoms with Crippen molar-refractivity contribution in [2.75, 3.05) is 42.6 Å². The Kier molecular flexibility index (Phi) is 5.90. The number of rotatable bonds is 5. The second-order valence-corrected chi connectivity index (χ2v) is 6.85. The first-order valence-corrected chi connectivity index (χ1v) is 9.30. The van der Waals surface area contributed by atoms with Crippen LogP contribution in [0.4, 0.5) is 11.6 Å². The van der Waals surface area contributed by atoms with Crippen molar-refractivity contribution in [1.29, 1.82) is 0 Å². The van der Waals surface area contributed by atoms with Crippen LogP contribution in [0, 0.1) is 11.8 Å². The highest BCUT2D eigenvalue weighted by Gasteiger charge is 2.27. The van der Waals surface area contributed by atoms with Crippen molar-refractivity contribution < 1.29 is 19.4 Å². The van der Waals surface area contributed by atoms with Crippen LogP contribution >= 0.6 is 0 Å². The molecule has 0 radical (unpaired) electrons. The van der Waals surface area contributed by atoms with Gasteiger partial charge in [-0.2, -0.15) is 0 Å². The molecule has 2 saturated heterocycles. The van der Waals surface area contributed by atoms with Gasteiger partial charge in [-0.05, 0) is 32.6 Å². The summed E-state index contributed by atoms with van der Waals surface area (Å²) in [7, 11) is 0. The number of aromatic nitrogens is 2. The molecule has 1 N–H and O–H groups in total. The van der Waals surface area contributed by atoms with Gasteiger partial charge in [0.1, 0.15) is 0 Å². The van der Waals surface area contributed by atoms with E-state index in [9.17, 15) is 9.59 Å². The van der Waals surface area contributed by atoms with Gasteiger partial charge in [-0.25, -0.2) is 9.97 Å². The van der Waals surface area contributed by atoms with Gasteiger partial charge in [-0.15, -0.1) is 0 Å². The van der Waals surface area contributed by atoms with Crippen LogP contribution in [-0.4, -0.2) is 59.8 Å². The normalized spacial score (nSPS) is 19.4. The molecule has 8 heteroatoms. The molecule has 0 unspecified atom stereocenters. The Morgan fingerprint density at radius 3 is 2.12 bits per heavy atom. The van der Waals surface area contributed by atoms with Crippen molar-refractivity contribution in [3.05, 3.63) is 12.4 Å². The van der Waals surface area contributed by atoms with E-state index in [1.165, 1.54) is 0 Å². The maximum atomic E-state index is 11.8. The third-order valence-corrected chi connectivity index (χ3v) is 5.23.